The van der Waals surface area contributed by atoms with Gasteiger partial charge in [0.1, 0.15) is 0 Å². The van der Waals surface area contributed by atoms with Crippen molar-refractivity contribution in [3.8, 4) is 0 Å². The molecule has 0 atom stereocenters. The van der Waals surface area contributed by atoms with Gasteiger partial charge >= 0.3 is 0 Å². The van der Waals surface area contributed by atoms with Crippen LogP contribution in [0.5, 0.6) is 0 Å². The predicted molar refractivity (Wildman–Crippen MR) is 115 cm³/mol. The maximum Gasteiger partial charge on any atom is -0.00484 e. The maximum atomic E-state index is 5.49. The second kappa shape index (κ2) is 23.9. The van der Waals surface area contributed by atoms with Gasteiger partial charge in [-0.3, -0.25) is 0 Å². The van der Waals surface area contributed by atoms with Gasteiger partial charge in [0.05, 0.1) is 0 Å². The summed E-state index contributed by atoms with van der Waals surface area (Å²) in [6.45, 7) is 5.48. The van der Waals surface area contributed by atoms with Crippen LogP contribution in [-0.2, 0) is 0 Å². The van der Waals surface area contributed by atoms with Gasteiger partial charge in [0.2, 0.25) is 0 Å². The molecule has 3 N–H and O–H groups in total. The molecule has 0 saturated heterocycles. The highest BCUT2D eigenvalue weighted by Crippen LogP contribution is 2.13. The molecule has 152 valence electrons. The summed E-state index contributed by atoms with van der Waals surface area (Å²) >= 11 is 0. The van der Waals surface area contributed by atoms with Gasteiger partial charge in [-0.05, 0) is 38.9 Å². The van der Waals surface area contributed by atoms with Crippen molar-refractivity contribution in [3.05, 3.63) is 0 Å². The van der Waals surface area contributed by atoms with E-state index in [0.29, 0.717) is 0 Å². The summed E-state index contributed by atoms with van der Waals surface area (Å²) in [4.78, 5) is 0. The van der Waals surface area contributed by atoms with E-state index in [9.17, 15) is 0 Å². The summed E-state index contributed by atoms with van der Waals surface area (Å²) < 4.78 is 0. The van der Waals surface area contributed by atoms with Gasteiger partial charge in [0.15, 0.2) is 0 Å². The van der Waals surface area contributed by atoms with E-state index in [1.807, 2.05) is 0 Å². The Morgan fingerprint density at radius 3 is 1.12 bits per heavy atom. The maximum absolute atomic E-state index is 5.49. The Morgan fingerprint density at radius 2 is 0.760 bits per heavy atom. The molecular weight excluding hydrogens is 304 g/mol. The van der Waals surface area contributed by atoms with Crippen molar-refractivity contribution in [1.82, 2.24) is 5.32 Å². The Bertz CT molecular complexity index is 196. The average molecular weight is 355 g/mol. The minimum atomic E-state index is 0.834. The molecule has 0 spiro atoms. The largest absolute Gasteiger partial charge is 0.330 e. The van der Waals surface area contributed by atoms with Crippen LogP contribution in [0.3, 0.4) is 0 Å². The first-order valence-corrected chi connectivity index (χ1v) is 11.8. The highest BCUT2D eigenvalue weighted by Gasteiger charge is 1.95. The van der Waals surface area contributed by atoms with Crippen LogP contribution in [-0.4, -0.2) is 19.6 Å². The molecule has 2 heteroatoms. The van der Waals surface area contributed by atoms with Crippen molar-refractivity contribution in [2.45, 2.75) is 129 Å². The zero-order chi connectivity index (χ0) is 18.3. The molecule has 0 bridgehead atoms. The third kappa shape index (κ3) is 23.9. The van der Waals surface area contributed by atoms with Gasteiger partial charge in [-0.25, -0.2) is 0 Å². The number of nitrogens with one attached hydrogen (secondary N) is 1. The van der Waals surface area contributed by atoms with Crippen molar-refractivity contribution in [2.24, 2.45) is 5.73 Å². The number of rotatable bonds is 22. The summed E-state index contributed by atoms with van der Waals surface area (Å²) in [5.74, 6) is 0. The normalized spacial score (nSPS) is 11.3. The summed E-state index contributed by atoms with van der Waals surface area (Å²) in [5, 5.41) is 3.52. The molecule has 0 radical (unpaired) electrons. The Morgan fingerprint density at radius 1 is 0.440 bits per heavy atom. The smallest absolute Gasteiger partial charge is 0.00484 e. The lowest BCUT2D eigenvalue weighted by Gasteiger charge is -2.05. The third-order valence-corrected chi connectivity index (χ3v) is 5.26. The molecule has 25 heavy (non-hydrogen) atoms. The van der Waals surface area contributed by atoms with Gasteiger partial charge in [0.25, 0.3) is 0 Å². The van der Waals surface area contributed by atoms with E-state index in [4.69, 9.17) is 5.73 Å². The zero-order valence-corrected chi connectivity index (χ0v) is 17.6. The molecule has 0 aromatic heterocycles. The second-order valence-corrected chi connectivity index (χ2v) is 7.90. The minimum Gasteiger partial charge on any atom is -0.330 e. The summed E-state index contributed by atoms with van der Waals surface area (Å²) in [7, 11) is 0. The van der Waals surface area contributed by atoms with E-state index in [-0.39, 0.29) is 0 Å². The van der Waals surface area contributed by atoms with Crippen molar-refractivity contribution in [2.75, 3.05) is 19.6 Å². The van der Waals surface area contributed by atoms with Crippen molar-refractivity contribution < 1.29 is 0 Å². The number of unbranched alkanes of at least 4 members (excludes halogenated alkanes) is 17. The van der Waals surface area contributed by atoms with E-state index < -0.39 is 0 Å². The summed E-state index contributed by atoms with van der Waals surface area (Å²) in [6, 6.07) is 0. The van der Waals surface area contributed by atoms with Crippen LogP contribution in [0.1, 0.15) is 129 Å². The van der Waals surface area contributed by atoms with Crippen LogP contribution in [0, 0.1) is 0 Å². The van der Waals surface area contributed by atoms with Gasteiger partial charge in [-0.1, -0.05) is 110 Å². The third-order valence-electron chi connectivity index (χ3n) is 5.26. The lowest BCUT2D eigenvalue weighted by molar-refractivity contribution is 0.522. The van der Waals surface area contributed by atoms with E-state index in [0.717, 1.165) is 19.5 Å². The second-order valence-electron chi connectivity index (χ2n) is 7.90. The molecule has 2 nitrogen and oxygen atoms in total. The Balaban J connectivity index is 2.94. The van der Waals surface area contributed by atoms with Crippen LogP contribution in [0.2, 0.25) is 0 Å². The van der Waals surface area contributed by atoms with E-state index in [1.165, 1.54) is 122 Å². The molecule has 0 saturated carbocycles. The Labute approximate surface area is 160 Å². The van der Waals surface area contributed by atoms with Crippen LogP contribution < -0.4 is 11.1 Å². The molecule has 0 amide bonds. The SMILES string of the molecule is CCCCCCCCCCCCCCCCCCCNCCCCN. The molecule has 0 fully saturated rings. The average Bonchev–Trinajstić information content (AvgIpc) is 2.63. The lowest BCUT2D eigenvalue weighted by atomic mass is 10.0. The van der Waals surface area contributed by atoms with Crippen molar-refractivity contribution >= 4 is 0 Å². The molecular formula is C23H50N2. The molecule has 0 aliphatic carbocycles. The highest BCUT2D eigenvalue weighted by atomic mass is 14.8. The molecule has 0 aliphatic heterocycles. The molecule has 0 aromatic carbocycles. The van der Waals surface area contributed by atoms with Gasteiger partial charge in [-0.15, -0.1) is 0 Å². The van der Waals surface area contributed by atoms with Crippen molar-refractivity contribution in [1.29, 1.82) is 0 Å². The van der Waals surface area contributed by atoms with E-state index >= 15 is 0 Å². The van der Waals surface area contributed by atoms with Gasteiger partial charge in [0, 0.05) is 0 Å². The first-order valence-electron chi connectivity index (χ1n) is 11.8. The molecule has 0 rings (SSSR count). The molecule has 0 unspecified atom stereocenters. The first kappa shape index (κ1) is 24.9. The van der Waals surface area contributed by atoms with Crippen LogP contribution in [0.25, 0.3) is 0 Å². The molecule has 0 aromatic rings. The molecule has 0 heterocycles. The highest BCUT2D eigenvalue weighted by molar-refractivity contribution is 4.52. The molecule has 0 aliphatic rings. The fourth-order valence-corrected chi connectivity index (χ4v) is 3.49. The minimum absolute atomic E-state index is 0.834. The summed E-state index contributed by atoms with van der Waals surface area (Å²) in [5.41, 5.74) is 5.49. The monoisotopic (exact) mass is 354 g/mol. The topological polar surface area (TPSA) is 38.0 Å². The number of hydrogen-bond donors (Lipinski definition) is 2. The van der Waals surface area contributed by atoms with Crippen LogP contribution in [0.4, 0.5) is 0 Å². The first-order chi connectivity index (χ1) is 12.4. The predicted octanol–water partition coefficient (Wildman–Crippen LogP) is 6.97. The van der Waals surface area contributed by atoms with E-state index in [1.54, 1.807) is 0 Å². The van der Waals surface area contributed by atoms with Gasteiger partial charge in [-0.2, -0.15) is 0 Å². The Hall–Kier alpha value is -0.0800. The summed E-state index contributed by atoms with van der Waals surface area (Å²) in [6.07, 6.45) is 27.0. The van der Waals surface area contributed by atoms with Crippen molar-refractivity contribution in [3.63, 3.8) is 0 Å². The Kier molecular flexibility index (Phi) is 23.8. The van der Waals surface area contributed by atoms with Gasteiger partial charge < -0.3 is 11.1 Å². The van der Waals surface area contributed by atoms with Crippen LogP contribution >= 0.6 is 0 Å². The van der Waals surface area contributed by atoms with Crippen LogP contribution in [0.15, 0.2) is 0 Å². The zero-order valence-electron chi connectivity index (χ0n) is 17.6. The fraction of sp³-hybridized carbons (Fsp3) is 1.00. The fourth-order valence-electron chi connectivity index (χ4n) is 3.49. The van der Waals surface area contributed by atoms with E-state index in [2.05, 4.69) is 12.2 Å². The number of hydrogen-bond acceptors (Lipinski definition) is 2. The number of nitrogens with two attached hydrogens (primary N) is 1. The quantitative estimate of drug-likeness (QED) is 0.206. The lowest BCUT2D eigenvalue weighted by Crippen LogP contribution is -2.17. The standard InChI is InChI=1S/C23H50N2/c1-2-3-4-5-6-7-8-9-10-11-12-13-14-15-16-17-19-22-25-23-20-18-21-24/h25H,2-24H2,1H3.